The Morgan fingerprint density at radius 3 is 2.24 bits per heavy atom. The number of aryl methyl sites for hydroxylation is 4. The van der Waals surface area contributed by atoms with Gasteiger partial charge in [0.15, 0.2) is 17.3 Å². The van der Waals surface area contributed by atoms with Crippen LogP contribution in [0.2, 0.25) is 0 Å². The second kappa shape index (κ2) is 6.72. The highest BCUT2D eigenvalue weighted by molar-refractivity contribution is 6.03. The first-order valence-electron chi connectivity index (χ1n) is 7.85. The van der Waals surface area contributed by atoms with Crippen molar-refractivity contribution in [3.05, 3.63) is 58.5 Å². The van der Waals surface area contributed by atoms with Crippen LogP contribution in [-0.4, -0.2) is 21.3 Å². The van der Waals surface area contributed by atoms with Gasteiger partial charge >= 0.3 is 0 Å². The van der Waals surface area contributed by atoms with Crippen LogP contribution in [0.1, 0.15) is 32.9 Å². The van der Waals surface area contributed by atoms with E-state index in [1.54, 1.807) is 25.1 Å². The van der Waals surface area contributed by atoms with Crippen molar-refractivity contribution in [2.75, 3.05) is 10.6 Å². The highest BCUT2D eigenvalue weighted by Crippen LogP contribution is 2.22. The summed E-state index contributed by atoms with van der Waals surface area (Å²) in [4.78, 5) is 12.4. The Kier molecular flexibility index (Phi) is 4.47. The smallest absolute Gasteiger partial charge is 0.276 e. The molecular formula is C18H19N5O2. The van der Waals surface area contributed by atoms with Crippen molar-refractivity contribution in [2.45, 2.75) is 27.7 Å². The normalized spacial score (nSPS) is 10.6. The van der Waals surface area contributed by atoms with Crippen molar-refractivity contribution in [2.24, 2.45) is 0 Å². The lowest BCUT2D eigenvalue weighted by atomic mass is 10.1. The maximum atomic E-state index is 12.4. The van der Waals surface area contributed by atoms with Gasteiger partial charge in [-0.2, -0.15) is 0 Å². The summed E-state index contributed by atoms with van der Waals surface area (Å²) in [7, 11) is 0. The molecule has 0 atom stereocenters. The summed E-state index contributed by atoms with van der Waals surface area (Å²) in [6.45, 7) is 7.76. The van der Waals surface area contributed by atoms with E-state index in [0.717, 1.165) is 22.4 Å². The van der Waals surface area contributed by atoms with Gasteiger partial charge in [0.2, 0.25) is 0 Å². The number of carbonyl (C=O) groups is 1. The summed E-state index contributed by atoms with van der Waals surface area (Å²) in [5, 5.41) is 17.7. The van der Waals surface area contributed by atoms with Crippen molar-refractivity contribution < 1.29 is 9.32 Å². The highest BCUT2D eigenvalue weighted by Gasteiger charge is 2.12. The van der Waals surface area contributed by atoms with E-state index in [9.17, 15) is 4.79 Å². The molecule has 128 valence electrons. The predicted octanol–water partition coefficient (Wildman–Crippen LogP) is 3.69. The molecule has 1 amide bonds. The lowest BCUT2D eigenvalue weighted by Gasteiger charge is -2.12. The van der Waals surface area contributed by atoms with Gasteiger partial charge in [-0.15, -0.1) is 10.2 Å². The fourth-order valence-corrected chi connectivity index (χ4v) is 2.63. The average molecular weight is 337 g/mol. The molecule has 0 unspecified atom stereocenters. The molecular weight excluding hydrogens is 318 g/mol. The fourth-order valence-electron chi connectivity index (χ4n) is 2.63. The molecule has 25 heavy (non-hydrogen) atoms. The maximum Gasteiger partial charge on any atom is 0.276 e. The second-order valence-corrected chi connectivity index (χ2v) is 5.98. The molecule has 0 aliphatic heterocycles. The third-order valence-electron chi connectivity index (χ3n) is 3.70. The van der Waals surface area contributed by atoms with Crippen LogP contribution in [0, 0.1) is 27.7 Å². The van der Waals surface area contributed by atoms with Gasteiger partial charge in [0.05, 0.1) is 0 Å². The Balaban J connectivity index is 1.73. The van der Waals surface area contributed by atoms with E-state index in [4.69, 9.17) is 4.52 Å². The molecule has 2 heterocycles. The summed E-state index contributed by atoms with van der Waals surface area (Å²) in [5.74, 6) is 1.41. The van der Waals surface area contributed by atoms with Crippen molar-refractivity contribution in [3.63, 3.8) is 0 Å². The van der Waals surface area contributed by atoms with E-state index in [0.29, 0.717) is 17.4 Å². The first-order valence-corrected chi connectivity index (χ1v) is 7.85. The topological polar surface area (TPSA) is 92.9 Å². The molecule has 0 fully saturated rings. The van der Waals surface area contributed by atoms with Crippen LogP contribution < -0.4 is 10.6 Å². The first-order chi connectivity index (χ1) is 11.9. The molecule has 2 aromatic heterocycles. The first kappa shape index (κ1) is 16.6. The summed E-state index contributed by atoms with van der Waals surface area (Å²) in [5.41, 5.74) is 4.22. The second-order valence-electron chi connectivity index (χ2n) is 5.98. The molecule has 1 aromatic carbocycles. The zero-order chi connectivity index (χ0) is 18.0. The highest BCUT2D eigenvalue weighted by atomic mass is 16.5. The molecule has 2 N–H and O–H groups in total. The van der Waals surface area contributed by atoms with Gasteiger partial charge in [-0.25, -0.2) is 0 Å². The van der Waals surface area contributed by atoms with E-state index in [1.165, 1.54) is 0 Å². The van der Waals surface area contributed by atoms with E-state index in [-0.39, 0.29) is 11.6 Å². The number of nitrogens with one attached hydrogen (secondary N) is 2. The van der Waals surface area contributed by atoms with Gasteiger partial charge in [-0.1, -0.05) is 22.9 Å². The molecule has 7 heteroatoms. The zero-order valence-corrected chi connectivity index (χ0v) is 14.5. The third-order valence-corrected chi connectivity index (χ3v) is 3.70. The lowest BCUT2D eigenvalue weighted by molar-refractivity contribution is 0.102. The van der Waals surface area contributed by atoms with Crippen molar-refractivity contribution >= 4 is 23.2 Å². The number of amides is 1. The van der Waals surface area contributed by atoms with Gasteiger partial charge < -0.3 is 15.2 Å². The molecule has 0 saturated heterocycles. The molecule has 0 radical (unpaired) electrons. The molecule has 0 aliphatic rings. The van der Waals surface area contributed by atoms with Gasteiger partial charge in [0.1, 0.15) is 5.76 Å². The van der Waals surface area contributed by atoms with Crippen molar-refractivity contribution in [3.8, 4) is 0 Å². The summed E-state index contributed by atoms with van der Waals surface area (Å²) in [6, 6.07) is 9.07. The van der Waals surface area contributed by atoms with Crippen LogP contribution in [0.15, 0.2) is 34.9 Å². The predicted molar refractivity (Wildman–Crippen MR) is 95.2 cm³/mol. The van der Waals surface area contributed by atoms with Gasteiger partial charge in [-0.05, 0) is 51.0 Å². The SMILES string of the molecule is Cc1cc(C)c(NC(=O)c2ccc(Nc3cc(C)on3)nn2)c(C)c1. The van der Waals surface area contributed by atoms with Crippen LogP contribution in [-0.2, 0) is 0 Å². The van der Waals surface area contributed by atoms with Crippen molar-refractivity contribution in [1.82, 2.24) is 15.4 Å². The molecule has 0 bridgehead atoms. The summed E-state index contributed by atoms with van der Waals surface area (Å²) in [6.07, 6.45) is 0. The van der Waals surface area contributed by atoms with Gasteiger partial charge in [0, 0.05) is 11.8 Å². The minimum atomic E-state index is -0.300. The Morgan fingerprint density at radius 1 is 0.960 bits per heavy atom. The monoisotopic (exact) mass is 337 g/mol. The number of aromatic nitrogens is 3. The average Bonchev–Trinajstić information content (AvgIpc) is 2.96. The Bertz CT molecular complexity index is 892. The van der Waals surface area contributed by atoms with Crippen molar-refractivity contribution in [1.29, 1.82) is 0 Å². The molecule has 3 aromatic rings. The summed E-state index contributed by atoms with van der Waals surface area (Å²) < 4.78 is 4.97. The zero-order valence-electron chi connectivity index (χ0n) is 14.5. The van der Waals surface area contributed by atoms with Crippen LogP contribution in [0.5, 0.6) is 0 Å². The van der Waals surface area contributed by atoms with E-state index < -0.39 is 0 Å². The van der Waals surface area contributed by atoms with Crippen LogP contribution in [0.4, 0.5) is 17.3 Å². The lowest BCUT2D eigenvalue weighted by Crippen LogP contribution is -2.16. The number of benzene rings is 1. The summed E-state index contributed by atoms with van der Waals surface area (Å²) >= 11 is 0. The fraction of sp³-hybridized carbons (Fsp3) is 0.222. The molecule has 0 aliphatic carbocycles. The largest absolute Gasteiger partial charge is 0.360 e. The van der Waals surface area contributed by atoms with Gasteiger partial charge in [0.25, 0.3) is 5.91 Å². The number of hydrogen-bond donors (Lipinski definition) is 2. The Labute approximate surface area is 145 Å². The third kappa shape index (κ3) is 3.82. The number of anilines is 3. The van der Waals surface area contributed by atoms with Crippen LogP contribution in [0.3, 0.4) is 0 Å². The number of rotatable bonds is 4. The van der Waals surface area contributed by atoms with E-state index in [2.05, 4.69) is 26.0 Å². The van der Waals surface area contributed by atoms with Crippen LogP contribution in [0.25, 0.3) is 0 Å². The molecule has 7 nitrogen and oxygen atoms in total. The van der Waals surface area contributed by atoms with Gasteiger partial charge in [-0.3, -0.25) is 4.79 Å². The standard InChI is InChI=1S/C18H19N5O2/c1-10-7-11(2)17(12(3)8-10)20-18(24)14-5-6-15(22-21-14)19-16-9-13(4)25-23-16/h5-9H,1-4H3,(H,20,24)(H,19,22,23). The Hall–Kier alpha value is -3.22. The van der Waals surface area contributed by atoms with Crippen LogP contribution >= 0.6 is 0 Å². The molecule has 0 spiro atoms. The van der Waals surface area contributed by atoms with E-state index >= 15 is 0 Å². The minimum absolute atomic E-state index is 0.237. The minimum Gasteiger partial charge on any atom is -0.360 e. The molecule has 0 saturated carbocycles. The maximum absolute atomic E-state index is 12.4. The number of nitrogens with zero attached hydrogens (tertiary/aromatic N) is 3. The quantitative estimate of drug-likeness (QED) is 0.754. The number of carbonyl (C=O) groups excluding carboxylic acids is 1. The van der Waals surface area contributed by atoms with E-state index in [1.807, 2.05) is 32.9 Å². The Morgan fingerprint density at radius 2 is 1.68 bits per heavy atom. The molecule has 3 rings (SSSR count). The number of hydrogen-bond acceptors (Lipinski definition) is 6.